The summed E-state index contributed by atoms with van der Waals surface area (Å²) in [6, 6.07) is -2.05. The van der Waals surface area contributed by atoms with Crippen LogP contribution in [0.4, 0.5) is 0 Å². The number of fused-ring (bicyclic) bond motifs is 2. The van der Waals surface area contributed by atoms with E-state index in [4.69, 9.17) is 47.4 Å². The number of ether oxygens (including phenoxy) is 10. The topological polar surface area (TPSA) is 219 Å². The van der Waals surface area contributed by atoms with Gasteiger partial charge in [-0.3, -0.25) is 28.8 Å². The number of esters is 6. The molecule has 0 amide bonds. The molecular formula is C29H38N2O16. The summed E-state index contributed by atoms with van der Waals surface area (Å²) in [5, 5.41) is 0. The Morgan fingerprint density at radius 2 is 0.872 bits per heavy atom. The maximum Gasteiger partial charge on any atom is 0.303 e. The summed E-state index contributed by atoms with van der Waals surface area (Å²) >= 11 is 0. The molecule has 4 rings (SSSR count). The highest BCUT2D eigenvalue weighted by Gasteiger charge is 2.59. The van der Waals surface area contributed by atoms with Crippen LogP contribution in [0.3, 0.4) is 0 Å². The SMILES string of the molecule is CC(=O)OC[C@H]1O[C@@H]2OC(C(C)(C)C3=N[C@H]4[C@@H](O3)O[C@H](COC(C)=O)[C@@H](OC(C)=O)[C@@H]4OC(C)=O)=N[C@@H]2[C@@H](OC(C)=O)[C@@H]1OC(C)=O. The molecule has 4 aliphatic rings. The van der Waals surface area contributed by atoms with E-state index in [1.165, 1.54) is 27.7 Å². The van der Waals surface area contributed by atoms with E-state index >= 15 is 0 Å². The van der Waals surface area contributed by atoms with E-state index in [-0.39, 0.29) is 25.0 Å². The first-order valence-electron chi connectivity index (χ1n) is 14.7. The maximum absolute atomic E-state index is 12.1. The van der Waals surface area contributed by atoms with Crippen LogP contribution in [0.2, 0.25) is 0 Å². The van der Waals surface area contributed by atoms with Crippen LogP contribution in [0, 0.1) is 5.41 Å². The zero-order chi connectivity index (χ0) is 34.8. The van der Waals surface area contributed by atoms with Crippen LogP contribution >= 0.6 is 0 Å². The molecule has 0 aromatic heterocycles. The highest BCUT2D eigenvalue weighted by Crippen LogP contribution is 2.41. The number of nitrogens with zero attached hydrogens (tertiary/aromatic N) is 2. The Labute approximate surface area is 269 Å². The lowest BCUT2D eigenvalue weighted by Crippen LogP contribution is -2.60. The van der Waals surface area contributed by atoms with Crippen LogP contribution in [0.15, 0.2) is 9.98 Å². The standard InChI is InChI=1S/C29H38N2O16/c1-11(32)38-9-17-21(40-13(3)34)23(42-15(5)36)19-25(44-17)46-27(30-19)29(7,8)28-31-20-24(43-16(6)37)22(41-14(4)35)18(10-39-12(2)33)45-26(20)47-28/h17-26H,9-10H2,1-8H3/t17-,18-,19-,20-,21-,22-,23-,24-,25-,26-/m1/s1. The monoisotopic (exact) mass is 670 g/mol. The predicted octanol–water partition coefficient (Wildman–Crippen LogP) is -0.0900. The van der Waals surface area contributed by atoms with Crippen molar-refractivity contribution in [2.24, 2.45) is 15.4 Å². The Hall–Kier alpha value is -4.32. The molecule has 0 radical (unpaired) electrons. The molecule has 0 aromatic carbocycles. The fourth-order valence-electron chi connectivity index (χ4n) is 5.50. The van der Waals surface area contributed by atoms with Crippen LogP contribution in [-0.2, 0) is 76.1 Å². The van der Waals surface area contributed by atoms with Crippen molar-refractivity contribution in [3.05, 3.63) is 0 Å². The molecule has 2 fully saturated rings. The fourth-order valence-corrected chi connectivity index (χ4v) is 5.50. The summed E-state index contributed by atoms with van der Waals surface area (Å²) in [7, 11) is 0. The van der Waals surface area contributed by atoms with Gasteiger partial charge in [-0.25, -0.2) is 9.98 Å². The van der Waals surface area contributed by atoms with Gasteiger partial charge in [0.05, 0.1) is 0 Å². The molecule has 18 heteroatoms. The molecule has 0 unspecified atom stereocenters. The summed E-state index contributed by atoms with van der Waals surface area (Å²) < 4.78 is 56.3. The Morgan fingerprint density at radius 3 is 1.17 bits per heavy atom. The molecule has 10 atom stereocenters. The van der Waals surface area contributed by atoms with E-state index in [1.54, 1.807) is 13.8 Å². The summed E-state index contributed by atoms with van der Waals surface area (Å²) in [6.45, 7) is 9.65. The molecular weight excluding hydrogens is 632 g/mol. The van der Waals surface area contributed by atoms with Gasteiger partial charge in [0, 0.05) is 41.5 Å². The Bertz CT molecular complexity index is 1240. The van der Waals surface area contributed by atoms with Crippen LogP contribution in [0.1, 0.15) is 55.4 Å². The molecule has 260 valence electrons. The first kappa shape index (κ1) is 35.5. The summed E-state index contributed by atoms with van der Waals surface area (Å²) in [5.74, 6) is -4.01. The molecule has 0 N–H and O–H groups in total. The average Bonchev–Trinajstić information content (AvgIpc) is 3.58. The molecule has 0 aliphatic carbocycles. The van der Waals surface area contributed by atoms with Gasteiger partial charge in [0.2, 0.25) is 24.4 Å². The highest BCUT2D eigenvalue weighted by atomic mass is 16.7. The lowest BCUT2D eigenvalue weighted by molar-refractivity contribution is -0.250. The fraction of sp³-hybridized carbons (Fsp3) is 0.724. The largest absolute Gasteiger partial charge is 0.463 e. The second kappa shape index (κ2) is 14.2. The Kier molecular flexibility index (Phi) is 10.7. The van der Waals surface area contributed by atoms with Crippen molar-refractivity contribution in [2.75, 3.05) is 13.2 Å². The van der Waals surface area contributed by atoms with E-state index in [9.17, 15) is 28.8 Å². The third kappa shape index (κ3) is 8.16. The molecule has 4 heterocycles. The third-order valence-electron chi connectivity index (χ3n) is 7.40. The van der Waals surface area contributed by atoms with Crippen molar-refractivity contribution in [3.8, 4) is 0 Å². The Balaban J connectivity index is 1.65. The van der Waals surface area contributed by atoms with Crippen LogP contribution in [0.25, 0.3) is 0 Å². The predicted molar refractivity (Wildman–Crippen MR) is 151 cm³/mol. The van der Waals surface area contributed by atoms with Crippen molar-refractivity contribution < 1.29 is 76.1 Å². The third-order valence-corrected chi connectivity index (χ3v) is 7.40. The molecule has 0 bridgehead atoms. The van der Waals surface area contributed by atoms with Crippen molar-refractivity contribution in [1.82, 2.24) is 0 Å². The first-order chi connectivity index (χ1) is 22.0. The molecule has 18 nitrogen and oxygen atoms in total. The van der Waals surface area contributed by atoms with Gasteiger partial charge in [-0.05, 0) is 13.8 Å². The lowest BCUT2D eigenvalue weighted by atomic mass is 9.92. The van der Waals surface area contributed by atoms with Crippen LogP contribution in [0.5, 0.6) is 0 Å². The van der Waals surface area contributed by atoms with Gasteiger partial charge in [-0.1, -0.05) is 0 Å². The van der Waals surface area contributed by atoms with Gasteiger partial charge < -0.3 is 47.4 Å². The minimum atomic E-state index is -1.27. The van der Waals surface area contributed by atoms with E-state index in [2.05, 4.69) is 9.98 Å². The minimum Gasteiger partial charge on any atom is -0.463 e. The first-order valence-corrected chi connectivity index (χ1v) is 14.7. The quantitative estimate of drug-likeness (QED) is 0.219. The number of hydrogen-bond acceptors (Lipinski definition) is 18. The minimum absolute atomic E-state index is 0.0220. The zero-order valence-corrected chi connectivity index (χ0v) is 27.1. The van der Waals surface area contributed by atoms with E-state index in [1.807, 2.05) is 0 Å². The van der Waals surface area contributed by atoms with Crippen molar-refractivity contribution in [3.63, 3.8) is 0 Å². The molecule has 2 saturated heterocycles. The lowest BCUT2D eigenvalue weighted by Gasteiger charge is -2.40. The maximum atomic E-state index is 12.1. The smallest absolute Gasteiger partial charge is 0.303 e. The van der Waals surface area contributed by atoms with Crippen molar-refractivity contribution in [1.29, 1.82) is 0 Å². The second-order valence-corrected chi connectivity index (χ2v) is 11.7. The molecule has 47 heavy (non-hydrogen) atoms. The second-order valence-electron chi connectivity index (χ2n) is 11.7. The summed E-state index contributed by atoms with van der Waals surface area (Å²) in [6.07, 6.45) is -9.31. The number of rotatable bonds is 10. The van der Waals surface area contributed by atoms with Gasteiger partial charge in [0.25, 0.3) is 0 Å². The van der Waals surface area contributed by atoms with Gasteiger partial charge in [0.1, 0.15) is 30.8 Å². The van der Waals surface area contributed by atoms with Gasteiger partial charge in [0.15, 0.2) is 36.5 Å². The van der Waals surface area contributed by atoms with Gasteiger partial charge >= 0.3 is 35.8 Å². The Morgan fingerprint density at radius 1 is 0.553 bits per heavy atom. The van der Waals surface area contributed by atoms with Gasteiger partial charge in [-0.15, -0.1) is 0 Å². The van der Waals surface area contributed by atoms with Crippen LogP contribution in [-0.4, -0.2) is 122 Å². The van der Waals surface area contributed by atoms with E-state index < -0.39 is 103 Å². The summed E-state index contributed by atoms with van der Waals surface area (Å²) in [4.78, 5) is 80.6. The number of carbonyl (C=O) groups is 6. The van der Waals surface area contributed by atoms with Crippen LogP contribution < -0.4 is 0 Å². The van der Waals surface area contributed by atoms with Crippen molar-refractivity contribution >= 4 is 47.6 Å². The normalized spacial score (nSPS) is 32.5. The number of carbonyl (C=O) groups excluding carboxylic acids is 6. The molecule has 0 saturated carbocycles. The average molecular weight is 671 g/mol. The zero-order valence-electron chi connectivity index (χ0n) is 27.1. The van der Waals surface area contributed by atoms with E-state index in [0.717, 1.165) is 13.8 Å². The number of hydrogen-bond donors (Lipinski definition) is 0. The van der Waals surface area contributed by atoms with Crippen molar-refractivity contribution in [2.45, 2.75) is 117 Å². The molecule has 0 spiro atoms. The van der Waals surface area contributed by atoms with E-state index in [0.29, 0.717) is 0 Å². The molecule has 4 aliphatic heterocycles. The highest BCUT2D eigenvalue weighted by molar-refractivity contribution is 6.05. The summed E-state index contributed by atoms with van der Waals surface area (Å²) in [5.41, 5.74) is -1.27. The molecule has 0 aromatic rings. The van der Waals surface area contributed by atoms with Gasteiger partial charge in [-0.2, -0.15) is 0 Å². The number of aliphatic imine (C=N–C) groups is 2.